The predicted octanol–water partition coefficient (Wildman–Crippen LogP) is 1.96. The van der Waals surface area contributed by atoms with E-state index in [-0.39, 0.29) is 73.9 Å². The third-order valence-electron chi connectivity index (χ3n) is 13.8. The zero-order valence-corrected chi connectivity index (χ0v) is 34.2. The number of aryl methyl sites for hydroxylation is 2. The molecule has 4 amide bonds. The Hall–Kier alpha value is -4.68. The van der Waals surface area contributed by atoms with Crippen molar-refractivity contribution in [2.45, 2.75) is 114 Å². The van der Waals surface area contributed by atoms with Gasteiger partial charge in [0, 0.05) is 77.0 Å². The van der Waals surface area contributed by atoms with Gasteiger partial charge < -0.3 is 10.2 Å². The lowest BCUT2D eigenvalue weighted by Gasteiger charge is -2.45. The summed E-state index contributed by atoms with van der Waals surface area (Å²) < 4.78 is 33.1. The molecular weight excluding hydrogens is 765 g/mol. The molecule has 3 aromatic rings. The van der Waals surface area contributed by atoms with Gasteiger partial charge in [-0.1, -0.05) is 19.4 Å². The maximum Gasteiger partial charge on any atom is 0.329 e. The Bertz CT molecular complexity index is 2360. The van der Waals surface area contributed by atoms with Crippen molar-refractivity contribution in [2.75, 3.05) is 43.4 Å². The largest absolute Gasteiger partial charge is 0.351 e. The maximum absolute atomic E-state index is 13.6. The average molecular weight is 817 g/mol. The molecule has 2 aliphatic carbocycles. The molecule has 4 aliphatic heterocycles. The van der Waals surface area contributed by atoms with Gasteiger partial charge in [-0.2, -0.15) is 22.0 Å². The van der Waals surface area contributed by atoms with E-state index in [1.54, 1.807) is 19.0 Å². The Morgan fingerprint density at radius 1 is 1.02 bits per heavy atom. The number of imidazole rings is 1. The molecule has 2 N–H and O–H groups in total. The van der Waals surface area contributed by atoms with Crippen molar-refractivity contribution < 1.29 is 27.6 Å². The lowest BCUT2D eigenvalue weighted by Crippen LogP contribution is -2.64. The van der Waals surface area contributed by atoms with E-state index in [1.807, 2.05) is 29.3 Å². The summed E-state index contributed by atoms with van der Waals surface area (Å²) >= 11 is 0. The van der Waals surface area contributed by atoms with Gasteiger partial charge in [0.2, 0.25) is 29.6 Å². The van der Waals surface area contributed by atoms with E-state index in [2.05, 4.69) is 22.5 Å². The molecule has 3 unspecified atom stereocenters. The molecule has 3 atom stereocenters. The minimum absolute atomic E-state index is 0.00373. The molecule has 58 heavy (non-hydrogen) atoms. The number of anilines is 2. The van der Waals surface area contributed by atoms with Gasteiger partial charge in [0.25, 0.3) is 10.2 Å². The van der Waals surface area contributed by atoms with Crippen LogP contribution in [0.1, 0.15) is 94.7 Å². The third-order valence-corrected chi connectivity index (χ3v) is 15.7. The summed E-state index contributed by atoms with van der Waals surface area (Å²) in [5, 5.41) is 5.76. The second kappa shape index (κ2) is 14.5. The first-order chi connectivity index (χ1) is 27.8. The second-order valence-electron chi connectivity index (χ2n) is 17.3. The summed E-state index contributed by atoms with van der Waals surface area (Å²) in [5.74, 6) is 0.966. The van der Waals surface area contributed by atoms with Crippen LogP contribution in [-0.4, -0.2) is 116 Å². The first-order valence-corrected chi connectivity index (χ1v) is 22.2. The number of hydrogen-bond donors (Lipinski definition) is 2. The predicted molar refractivity (Wildman–Crippen MR) is 214 cm³/mol. The Labute approximate surface area is 337 Å². The third kappa shape index (κ3) is 6.51. The number of nitrogens with one attached hydrogen (secondary N) is 2. The van der Waals surface area contributed by atoms with Gasteiger partial charge in [-0.05, 0) is 81.4 Å². The molecule has 17 nitrogen and oxygen atoms in total. The molecule has 6 aliphatic rings. The van der Waals surface area contributed by atoms with Crippen molar-refractivity contribution in [1.82, 2.24) is 37.9 Å². The van der Waals surface area contributed by atoms with E-state index in [0.717, 1.165) is 49.0 Å². The molecule has 18 heteroatoms. The fourth-order valence-electron chi connectivity index (χ4n) is 9.88. The van der Waals surface area contributed by atoms with Crippen LogP contribution in [0, 0.1) is 5.92 Å². The summed E-state index contributed by atoms with van der Waals surface area (Å²) in [6.45, 7) is 3.43. The molecular formula is C40H52N10O7S. The highest BCUT2D eigenvalue weighted by Gasteiger charge is 2.62. The van der Waals surface area contributed by atoms with E-state index in [1.165, 1.54) is 17.7 Å². The zero-order valence-electron chi connectivity index (χ0n) is 33.4. The fourth-order valence-corrected chi connectivity index (χ4v) is 11.6. The van der Waals surface area contributed by atoms with Crippen molar-refractivity contribution in [2.24, 2.45) is 13.0 Å². The number of aromatic nitrogens is 4. The van der Waals surface area contributed by atoms with Crippen LogP contribution in [0.5, 0.6) is 0 Å². The van der Waals surface area contributed by atoms with Crippen LogP contribution in [0.25, 0.3) is 11.0 Å². The van der Waals surface area contributed by atoms with E-state index in [9.17, 15) is 32.4 Å². The molecule has 310 valence electrons. The lowest BCUT2D eigenvalue weighted by molar-refractivity contribution is -0.136. The van der Waals surface area contributed by atoms with Crippen LogP contribution >= 0.6 is 0 Å². The van der Waals surface area contributed by atoms with Crippen molar-refractivity contribution in [3.8, 4) is 0 Å². The molecule has 5 fully saturated rings. The summed E-state index contributed by atoms with van der Waals surface area (Å²) in [5.41, 5.74) is 2.42. The number of imide groups is 1. The van der Waals surface area contributed by atoms with E-state index in [4.69, 9.17) is 4.98 Å². The van der Waals surface area contributed by atoms with E-state index in [0.29, 0.717) is 61.7 Å². The summed E-state index contributed by atoms with van der Waals surface area (Å²) in [4.78, 5) is 77.2. The minimum Gasteiger partial charge on any atom is -0.351 e. The van der Waals surface area contributed by atoms with E-state index < -0.39 is 27.6 Å². The normalized spacial score (nSPS) is 25.3. The topological polar surface area (TPSA) is 192 Å². The molecule has 2 aromatic heterocycles. The maximum atomic E-state index is 13.6. The fraction of sp³-hybridized carbons (Fsp3) is 0.625. The van der Waals surface area contributed by atoms with Crippen LogP contribution in [0.4, 0.5) is 11.8 Å². The van der Waals surface area contributed by atoms with Crippen LogP contribution in [0.3, 0.4) is 0 Å². The van der Waals surface area contributed by atoms with Gasteiger partial charge >= 0.3 is 5.69 Å². The number of piperidine rings is 2. The number of benzene rings is 1. The molecule has 0 bridgehead atoms. The van der Waals surface area contributed by atoms with Gasteiger partial charge in [0.05, 0.1) is 22.5 Å². The number of hydrogen-bond acceptors (Lipinski definition) is 10. The highest BCUT2D eigenvalue weighted by Crippen LogP contribution is 2.58. The van der Waals surface area contributed by atoms with Crippen molar-refractivity contribution in [3.63, 3.8) is 0 Å². The molecule has 9 rings (SSSR count). The number of amides is 4. The quantitative estimate of drug-likeness (QED) is 0.271. The Kier molecular flexibility index (Phi) is 9.74. The number of carbonyl (C=O) groups excluding carboxylic acids is 4. The van der Waals surface area contributed by atoms with Gasteiger partial charge in [0.15, 0.2) is 0 Å². The monoisotopic (exact) mass is 816 g/mol. The van der Waals surface area contributed by atoms with Crippen LogP contribution in [-0.2, 0) is 48.3 Å². The number of nitrogens with zero attached hydrogens (tertiary/aromatic N) is 8. The lowest BCUT2D eigenvalue weighted by atomic mass is 10.0. The number of rotatable bonds is 11. The number of carbonyl (C=O) groups is 4. The molecule has 2 saturated carbocycles. The molecule has 1 spiro atoms. The molecule has 3 saturated heterocycles. The smallest absolute Gasteiger partial charge is 0.329 e. The first kappa shape index (κ1) is 38.8. The van der Waals surface area contributed by atoms with Gasteiger partial charge in [-0.25, -0.2) is 9.78 Å². The SMILES string of the molecule is CC1CCCC1N1C(=O)C2(CC2)c2cnc(NC3CCN(S(=O)(=O)N4CC(N(C)C(=O)CCCc5ccc6c(c5)n(C)c(=O)n6C5CCC(=O)NC5=O)C4)CC3)nc21. The molecule has 0 radical (unpaired) electrons. The highest BCUT2D eigenvalue weighted by molar-refractivity contribution is 7.86. The van der Waals surface area contributed by atoms with Gasteiger partial charge in [-0.3, -0.25) is 38.5 Å². The van der Waals surface area contributed by atoms with Crippen molar-refractivity contribution in [3.05, 3.63) is 46.0 Å². The summed E-state index contributed by atoms with van der Waals surface area (Å²) in [6.07, 6.45) is 9.83. The summed E-state index contributed by atoms with van der Waals surface area (Å²) in [7, 11) is -0.305. The number of likely N-dealkylation sites (N-methyl/N-ethyl adjacent to an activating group) is 1. The first-order valence-electron chi connectivity index (χ1n) is 20.8. The van der Waals surface area contributed by atoms with Crippen LogP contribution in [0.15, 0.2) is 29.2 Å². The van der Waals surface area contributed by atoms with Crippen LogP contribution < -0.4 is 21.2 Å². The van der Waals surface area contributed by atoms with Crippen molar-refractivity contribution in [1.29, 1.82) is 0 Å². The minimum atomic E-state index is -3.68. The highest BCUT2D eigenvalue weighted by atomic mass is 32.2. The Morgan fingerprint density at radius 2 is 1.78 bits per heavy atom. The second-order valence-corrected chi connectivity index (χ2v) is 19.2. The van der Waals surface area contributed by atoms with E-state index >= 15 is 0 Å². The Morgan fingerprint density at radius 3 is 2.47 bits per heavy atom. The summed E-state index contributed by atoms with van der Waals surface area (Å²) in [6, 6.07) is 4.82. The number of fused-ring (bicyclic) bond motifs is 3. The van der Waals surface area contributed by atoms with Crippen LogP contribution in [0.2, 0.25) is 0 Å². The standard InChI is InChI=1S/C40H52N10O7S/c1-24-6-4-8-29(24)50-35-28(40(16-17-40)37(50)54)21-41-38(44-35)42-26-14-18-47(19-15-26)58(56,57)48-22-27(23-48)45(2)34(52)9-5-7-25-10-11-30-32(20-25)46(3)39(55)49(30)31-12-13-33(51)43-36(31)53/h10-11,20-21,24,26-27,29,31H,4-9,12-19,22-23H2,1-3H3,(H,41,42,44)(H,43,51,53). The average Bonchev–Trinajstić information content (AvgIpc) is 3.75. The van der Waals surface area contributed by atoms with Gasteiger partial charge in [0.1, 0.15) is 11.9 Å². The van der Waals surface area contributed by atoms with Crippen molar-refractivity contribution >= 4 is 56.6 Å². The molecule has 1 aromatic carbocycles. The molecule has 6 heterocycles. The zero-order chi connectivity index (χ0) is 40.7. The van der Waals surface area contributed by atoms with Gasteiger partial charge in [-0.15, -0.1) is 0 Å². The Balaban J connectivity index is 0.743.